The number of hydrogen-bond donors (Lipinski definition) is 2. The lowest BCUT2D eigenvalue weighted by Gasteiger charge is -2.36. The molecule has 0 aromatic heterocycles. The van der Waals surface area contributed by atoms with Gasteiger partial charge in [0.25, 0.3) is 0 Å². The van der Waals surface area contributed by atoms with Crippen LogP contribution in [0.1, 0.15) is 18.5 Å². The summed E-state index contributed by atoms with van der Waals surface area (Å²) in [5.41, 5.74) is 3.95. The van der Waals surface area contributed by atoms with Crippen LogP contribution in [0.2, 0.25) is 0 Å². The highest BCUT2D eigenvalue weighted by molar-refractivity contribution is 5.44. The molecular weight excluding hydrogens is 270 g/mol. The van der Waals surface area contributed by atoms with E-state index in [0.717, 1.165) is 43.3 Å². The van der Waals surface area contributed by atoms with Crippen molar-refractivity contribution >= 4 is 0 Å². The summed E-state index contributed by atoms with van der Waals surface area (Å²) in [5, 5.41) is 0. The molecule has 116 valence electrons. The summed E-state index contributed by atoms with van der Waals surface area (Å²) < 4.78 is 17.1. The summed E-state index contributed by atoms with van der Waals surface area (Å²) in [6, 6.07) is 5.89. The summed E-state index contributed by atoms with van der Waals surface area (Å²) in [4.78, 5) is 2.37. The molecule has 0 spiro atoms. The fourth-order valence-electron chi connectivity index (χ4n) is 2.89. The molecule has 1 aromatic carbocycles. The Labute approximate surface area is 125 Å². The first kappa shape index (κ1) is 14.6. The van der Waals surface area contributed by atoms with Crippen LogP contribution in [0.15, 0.2) is 18.2 Å². The van der Waals surface area contributed by atoms with Gasteiger partial charge in [0.15, 0.2) is 11.5 Å². The fourth-order valence-corrected chi connectivity index (χ4v) is 2.89. The second-order valence-corrected chi connectivity index (χ2v) is 5.35. The van der Waals surface area contributed by atoms with Gasteiger partial charge in [0, 0.05) is 13.1 Å². The van der Waals surface area contributed by atoms with Crippen molar-refractivity contribution in [2.45, 2.75) is 19.1 Å². The molecule has 1 fully saturated rings. The van der Waals surface area contributed by atoms with Gasteiger partial charge in [-0.05, 0) is 24.2 Å². The zero-order chi connectivity index (χ0) is 14.7. The highest BCUT2D eigenvalue weighted by Crippen LogP contribution is 2.34. The van der Waals surface area contributed by atoms with Gasteiger partial charge in [-0.3, -0.25) is 16.2 Å². The second-order valence-electron chi connectivity index (χ2n) is 5.35. The van der Waals surface area contributed by atoms with Crippen molar-refractivity contribution in [2.75, 3.05) is 39.5 Å². The molecule has 6 heteroatoms. The minimum absolute atomic E-state index is 0.0336. The SMILES string of the molecule is CCN1CCOC(C(NN)c2ccc3c(c2)OCCO3)C1. The zero-order valence-corrected chi connectivity index (χ0v) is 12.4. The first-order valence-corrected chi connectivity index (χ1v) is 7.51. The van der Waals surface area contributed by atoms with Gasteiger partial charge in [0.1, 0.15) is 13.2 Å². The highest BCUT2D eigenvalue weighted by Gasteiger charge is 2.29. The molecule has 3 N–H and O–H groups in total. The van der Waals surface area contributed by atoms with Gasteiger partial charge in [0.05, 0.1) is 18.8 Å². The molecule has 2 atom stereocenters. The Bertz CT molecular complexity index is 483. The number of benzene rings is 1. The number of ether oxygens (including phenoxy) is 3. The van der Waals surface area contributed by atoms with Gasteiger partial charge in [-0.2, -0.15) is 0 Å². The van der Waals surface area contributed by atoms with Crippen molar-refractivity contribution in [1.29, 1.82) is 0 Å². The highest BCUT2D eigenvalue weighted by atomic mass is 16.6. The predicted molar refractivity (Wildman–Crippen MR) is 79.4 cm³/mol. The molecule has 6 nitrogen and oxygen atoms in total. The first-order chi connectivity index (χ1) is 10.3. The molecular formula is C15H23N3O3. The summed E-state index contributed by atoms with van der Waals surface area (Å²) in [5.74, 6) is 7.35. The standard InChI is InChI=1S/C15H23N3O3/c1-2-18-5-6-19-14(10-18)15(17-16)11-3-4-12-13(9-11)21-8-7-20-12/h3-4,9,14-15,17H,2,5-8,10,16H2,1H3. The molecule has 2 aliphatic rings. The number of rotatable bonds is 4. The lowest BCUT2D eigenvalue weighted by Crippen LogP contribution is -2.49. The third kappa shape index (κ3) is 3.13. The van der Waals surface area contributed by atoms with Gasteiger partial charge in [-0.1, -0.05) is 13.0 Å². The van der Waals surface area contributed by atoms with Crippen LogP contribution in [-0.4, -0.2) is 50.5 Å². The molecule has 2 heterocycles. The normalized spacial score (nSPS) is 23.8. The maximum Gasteiger partial charge on any atom is 0.161 e. The van der Waals surface area contributed by atoms with E-state index in [2.05, 4.69) is 17.2 Å². The largest absolute Gasteiger partial charge is 0.486 e. The van der Waals surface area contributed by atoms with Gasteiger partial charge in [-0.25, -0.2) is 0 Å². The Hall–Kier alpha value is -1.34. The molecule has 0 bridgehead atoms. The van der Waals surface area contributed by atoms with Gasteiger partial charge in [0.2, 0.25) is 0 Å². The monoisotopic (exact) mass is 293 g/mol. The molecule has 0 saturated carbocycles. The van der Waals surface area contributed by atoms with Crippen LogP contribution in [0.25, 0.3) is 0 Å². The Kier molecular flexibility index (Phi) is 4.60. The van der Waals surface area contributed by atoms with E-state index in [9.17, 15) is 0 Å². The average molecular weight is 293 g/mol. The van der Waals surface area contributed by atoms with Gasteiger partial charge >= 0.3 is 0 Å². The van der Waals surface area contributed by atoms with Crippen LogP contribution in [0.4, 0.5) is 0 Å². The number of hydrogen-bond acceptors (Lipinski definition) is 6. The molecule has 2 unspecified atom stereocenters. The molecule has 1 aromatic rings. The molecule has 0 aliphatic carbocycles. The fraction of sp³-hybridized carbons (Fsp3) is 0.600. The maximum absolute atomic E-state index is 5.91. The van der Waals surface area contributed by atoms with Gasteiger partial charge in [-0.15, -0.1) is 0 Å². The first-order valence-electron chi connectivity index (χ1n) is 7.51. The number of nitrogens with zero attached hydrogens (tertiary/aromatic N) is 1. The third-order valence-corrected chi connectivity index (χ3v) is 4.10. The van der Waals surface area contributed by atoms with E-state index in [1.807, 2.05) is 18.2 Å². The quantitative estimate of drug-likeness (QED) is 0.628. The van der Waals surface area contributed by atoms with Crippen LogP contribution in [0.3, 0.4) is 0 Å². The predicted octanol–water partition coefficient (Wildman–Crippen LogP) is 0.683. The molecule has 0 amide bonds. The molecule has 3 rings (SSSR count). The van der Waals surface area contributed by atoms with Crippen molar-refractivity contribution < 1.29 is 14.2 Å². The van der Waals surface area contributed by atoms with Crippen molar-refractivity contribution in [1.82, 2.24) is 10.3 Å². The van der Waals surface area contributed by atoms with E-state index < -0.39 is 0 Å². The summed E-state index contributed by atoms with van der Waals surface area (Å²) in [6.45, 7) is 6.96. The molecule has 2 aliphatic heterocycles. The number of fused-ring (bicyclic) bond motifs is 1. The second kappa shape index (κ2) is 6.62. The lowest BCUT2D eigenvalue weighted by molar-refractivity contribution is -0.0457. The topological polar surface area (TPSA) is 69.0 Å². The Morgan fingerprint density at radius 1 is 1.29 bits per heavy atom. The number of nitrogens with one attached hydrogen (secondary N) is 1. The van der Waals surface area contributed by atoms with Crippen molar-refractivity contribution in [3.8, 4) is 11.5 Å². The minimum atomic E-state index is -0.0600. The van der Waals surface area contributed by atoms with Crippen LogP contribution in [0, 0.1) is 0 Å². The van der Waals surface area contributed by atoms with Crippen molar-refractivity contribution in [3.63, 3.8) is 0 Å². The van der Waals surface area contributed by atoms with E-state index in [1.165, 1.54) is 0 Å². The number of hydrazine groups is 1. The Morgan fingerprint density at radius 2 is 2.10 bits per heavy atom. The Balaban J connectivity index is 1.79. The summed E-state index contributed by atoms with van der Waals surface area (Å²) >= 11 is 0. The average Bonchev–Trinajstić information content (AvgIpc) is 2.56. The third-order valence-electron chi connectivity index (χ3n) is 4.10. The van der Waals surface area contributed by atoms with Crippen molar-refractivity contribution in [2.24, 2.45) is 5.84 Å². The van der Waals surface area contributed by atoms with E-state index in [1.54, 1.807) is 0 Å². The van der Waals surface area contributed by atoms with Crippen LogP contribution in [-0.2, 0) is 4.74 Å². The van der Waals surface area contributed by atoms with E-state index >= 15 is 0 Å². The zero-order valence-electron chi connectivity index (χ0n) is 12.4. The number of morpholine rings is 1. The van der Waals surface area contributed by atoms with Crippen molar-refractivity contribution in [3.05, 3.63) is 23.8 Å². The van der Waals surface area contributed by atoms with E-state index in [-0.39, 0.29) is 12.1 Å². The van der Waals surface area contributed by atoms with Crippen LogP contribution in [0.5, 0.6) is 11.5 Å². The van der Waals surface area contributed by atoms with Gasteiger partial charge < -0.3 is 14.2 Å². The molecule has 1 saturated heterocycles. The number of likely N-dealkylation sites (N-methyl/N-ethyl adjacent to an activating group) is 1. The summed E-state index contributed by atoms with van der Waals surface area (Å²) in [6.07, 6.45) is 0.0336. The molecule has 0 radical (unpaired) electrons. The number of nitrogens with two attached hydrogens (primary N) is 1. The smallest absolute Gasteiger partial charge is 0.161 e. The lowest BCUT2D eigenvalue weighted by atomic mass is 10.00. The minimum Gasteiger partial charge on any atom is -0.486 e. The summed E-state index contributed by atoms with van der Waals surface area (Å²) in [7, 11) is 0. The van der Waals surface area contributed by atoms with Crippen LogP contribution >= 0.6 is 0 Å². The van der Waals surface area contributed by atoms with E-state index in [0.29, 0.717) is 13.2 Å². The van der Waals surface area contributed by atoms with E-state index in [4.69, 9.17) is 20.1 Å². The molecule has 21 heavy (non-hydrogen) atoms. The maximum atomic E-state index is 5.91. The Morgan fingerprint density at radius 3 is 2.86 bits per heavy atom. The van der Waals surface area contributed by atoms with Crippen LogP contribution < -0.4 is 20.7 Å².